The Bertz CT molecular complexity index is 963. The summed E-state index contributed by atoms with van der Waals surface area (Å²) in [5.41, 5.74) is 2.73. The standard InChI is InChI=1S/C20H20ClN5O2S/c1-13(19-26-17(12-29-19)15-6-8-22-9-7-15)25-18(27)11-24-20(28)23-10-14-2-4-16(21)5-3-14/h2-9,12-13H,10-11H2,1H3,(H,25,27)(H2,23,24,28). The first-order valence-corrected chi connectivity index (χ1v) is 10.2. The molecule has 3 N–H and O–H groups in total. The average molecular weight is 430 g/mol. The third-order valence-corrected chi connectivity index (χ3v) is 5.30. The Morgan fingerprint density at radius 2 is 1.83 bits per heavy atom. The van der Waals surface area contributed by atoms with Crippen molar-refractivity contribution in [3.8, 4) is 11.3 Å². The van der Waals surface area contributed by atoms with Crippen LogP contribution >= 0.6 is 22.9 Å². The van der Waals surface area contributed by atoms with Gasteiger partial charge in [-0.05, 0) is 36.8 Å². The van der Waals surface area contributed by atoms with Gasteiger partial charge in [-0.2, -0.15) is 0 Å². The van der Waals surface area contributed by atoms with Crippen molar-refractivity contribution in [3.63, 3.8) is 0 Å². The quantitative estimate of drug-likeness (QED) is 0.535. The van der Waals surface area contributed by atoms with E-state index in [-0.39, 0.29) is 18.5 Å². The smallest absolute Gasteiger partial charge is 0.315 e. The maximum Gasteiger partial charge on any atom is 0.315 e. The van der Waals surface area contributed by atoms with Gasteiger partial charge in [-0.1, -0.05) is 23.7 Å². The molecule has 0 fully saturated rings. The zero-order valence-electron chi connectivity index (χ0n) is 15.7. The summed E-state index contributed by atoms with van der Waals surface area (Å²) in [6.45, 7) is 2.07. The fourth-order valence-electron chi connectivity index (χ4n) is 2.50. The lowest BCUT2D eigenvalue weighted by Gasteiger charge is -2.12. The number of carbonyl (C=O) groups excluding carboxylic acids is 2. The van der Waals surface area contributed by atoms with Crippen LogP contribution in [-0.2, 0) is 11.3 Å². The lowest BCUT2D eigenvalue weighted by atomic mass is 10.2. The average Bonchev–Trinajstić information content (AvgIpc) is 3.23. The number of nitrogens with zero attached hydrogens (tertiary/aromatic N) is 2. The normalized spacial score (nSPS) is 11.5. The van der Waals surface area contributed by atoms with Crippen LogP contribution in [0, 0.1) is 0 Å². The number of rotatable bonds is 7. The maximum absolute atomic E-state index is 12.1. The van der Waals surface area contributed by atoms with Gasteiger partial charge in [0.05, 0.1) is 18.3 Å². The predicted octanol–water partition coefficient (Wildman–Crippen LogP) is 3.54. The lowest BCUT2D eigenvalue weighted by Crippen LogP contribution is -2.42. The van der Waals surface area contributed by atoms with Crippen LogP contribution in [0.25, 0.3) is 11.3 Å². The number of pyridine rings is 1. The van der Waals surface area contributed by atoms with Gasteiger partial charge in [0, 0.05) is 34.9 Å². The van der Waals surface area contributed by atoms with Crippen molar-refractivity contribution in [2.75, 3.05) is 6.54 Å². The Hall–Kier alpha value is -2.97. The highest BCUT2D eigenvalue weighted by Gasteiger charge is 2.14. The zero-order valence-corrected chi connectivity index (χ0v) is 17.3. The molecule has 0 bridgehead atoms. The van der Waals surface area contributed by atoms with Crippen molar-refractivity contribution in [1.29, 1.82) is 0 Å². The second-order valence-corrected chi connectivity index (χ2v) is 7.58. The monoisotopic (exact) mass is 429 g/mol. The van der Waals surface area contributed by atoms with E-state index in [1.54, 1.807) is 24.5 Å². The molecule has 1 atom stereocenters. The second kappa shape index (κ2) is 9.99. The number of hydrogen-bond acceptors (Lipinski definition) is 5. The zero-order chi connectivity index (χ0) is 20.6. The summed E-state index contributed by atoms with van der Waals surface area (Å²) in [5, 5.41) is 11.4. The molecule has 29 heavy (non-hydrogen) atoms. The van der Waals surface area contributed by atoms with Crippen molar-refractivity contribution < 1.29 is 9.59 Å². The number of benzene rings is 1. The summed E-state index contributed by atoms with van der Waals surface area (Å²) >= 11 is 7.30. The molecule has 0 aliphatic heterocycles. The highest BCUT2D eigenvalue weighted by molar-refractivity contribution is 7.10. The van der Waals surface area contributed by atoms with Gasteiger partial charge in [0.2, 0.25) is 5.91 Å². The van der Waals surface area contributed by atoms with E-state index in [4.69, 9.17) is 11.6 Å². The van der Waals surface area contributed by atoms with Crippen LogP contribution in [0.3, 0.4) is 0 Å². The Morgan fingerprint density at radius 1 is 1.10 bits per heavy atom. The molecule has 0 saturated carbocycles. The number of thiazole rings is 1. The van der Waals surface area contributed by atoms with E-state index in [0.29, 0.717) is 11.6 Å². The van der Waals surface area contributed by atoms with Gasteiger partial charge >= 0.3 is 6.03 Å². The summed E-state index contributed by atoms with van der Waals surface area (Å²) in [4.78, 5) is 32.5. The van der Waals surface area contributed by atoms with Crippen molar-refractivity contribution >= 4 is 34.9 Å². The van der Waals surface area contributed by atoms with E-state index in [1.807, 2.05) is 36.6 Å². The fourth-order valence-corrected chi connectivity index (χ4v) is 3.46. The molecular formula is C20H20ClN5O2S. The number of aromatic nitrogens is 2. The summed E-state index contributed by atoms with van der Waals surface area (Å²) in [6.07, 6.45) is 3.42. The molecule has 2 aromatic heterocycles. The Balaban J connectivity index is 1.42. The molecule has 3 amide bonds. The summed E-state index contributed by atoms with van der Waals surface area (Å²) in [5.74, 6) is -0.292. The van der Waals surface area contributed by atoms with Crippen LogP contribution in [0.2, 0.25) is 5.02 Å². The molecule has 3 rings (SSSR count). The van der Waals surface area contributed by atoms with Gasteiger partial charge in [0.1, 0.15) is 5.01 Å². The summed E-state index contributed by atoms with van der Waals surface area (Å²) in [7, 11) is 0. The number of halogens is 1. The van der Waals surface area contributed by atoms with E-state index in [2.05, 4.69) is 25.9 Å². The first-order chi connectivity index (χ1) is 14.0. The third kappa shape index (κ3) is 6.27. The highest BCUT2D eigenvalue weighted by Crippen LogP contribution is 2.24. The first-order valence-electron chi connectivity index (χ1n) is 8.92. The highest BCUT2D eigenvalue weighted by atomic mass is 35.5. The minimum absolute atomic E-state index is 0.126. The molecule has 1 unspecified atom stereocenters. The minimum atomic E-state index is -0.419. The van der Waals surface area contributed by atoms with Crippen molar-refractivity contribution in [1.82, 2.24) is 25.9 Å². The molecule has 150 valence electrons. The maximum atomic E-state index is 12.1. The largest absolute Gasteiger partial charge is 0.346 e. The van der Waals surface area contributed by atoms with E-state index in [1.165, 1.54) is 11.3 Å². The van der Waals surface area contributed by atoms with Gasteiger partial charge in [-0.3, -0.25) is 9.78 Å². The number of carbonyl (C=O) groups is 2. The van der Waals surface area contributed by atoms with E-state index >= 15 is 0 Å². The lowest BCUT2D eigenvalue weighted by molar-refractivity contribution is -0.120. The van der Waals surface area contributed by atoms with Gasteiger partial charge in [0.15, 0.2) is 0 Å². The number of amides is 3. The van der Waals surface area contributed by atoms with E-state index < -0.39 is 6.03 Å². The number of urea groups is 1. The molecule has 2 heterocycles. The molecule has 0 radical (unpaired) electrons. The predicted molar refractivity (Wildman–Crippen MR) is 114 cm³/mol. The van der Waals surface area contributed by atoms with Crippen molar-refractivity contribution in [3.05, 3.63) is 69.8 Å². The molecular weight excluding hydrogens is 410 g/mol. The SMILES string of the molecule is CC(NC(=O)CNC(=O)NCc1ccc(Cl)cc1)c1nc(-c2ccncc2)cs1. The van der Waals surface area contributed by atoms with Crippen molar-refractivity contribution in [2.45, 2.75) is 19.5 Å². The van der Waals surface area contributed by atoms with Crippen LogP contribution < -0.4 is 16.0 Å². The third-order valence-electron chi connectivity index (χ3n) is 4.02. The fraction of sp³-hybridized carbons (Fsp3) is 0.200. The molecule has 7 nitrogen and oxygen atoms in total. The number of hydrogen-bond donors (Lipinski definition) is 3. The Kier molecular flexibility index (Phi) is 7.15. The van der Waals surface area contributed by atoms with E-state index in [9.17, 15) is 9.59 Å². The van der Waals surface area contributed by atoms with Crippen LogP contribution in [-0.4, -0.2) is 28.5 Å². The van der Waals surface area contributed by atoms with E-state index in [0.717, 1.165) is 21.8 Å². The van der Waals surface area contributed by atoms with Gasteiger partial charge < -0.3 is 16.0 Å². The number of nitrogens with one attached hydrogen (secondary N) is 3. The molecule has 0 spiro atoms. The van der Waals surface area contributed by atoms with Crippen LogP contribution in [0.4, 0.5) is 4.79 Å². The van der Waals surface area contributed by atoms with Crippen LogP contribution in [0.1, 0.15) is 23.5 Å². The first kappa shape index (κ1) is 20.8. The second-order valence-electron chi connectivity index (χ2n) is 6.26. The topological polar surface area (TPSA) is 96.0 Å². The molecule has 0 saturated heterocycles. The van der Waals surface area contributed by atoms with Crippen LogP contribution in [0.15, 0.2) is 54.2 Å². The molecule has 9 heteroatoms. The summed E-state index contributed by atoms with van der Waals surface area (Å²) in [6, 6.07) is 10.2. The Morgan fingerprint density at radius 3 is 2.55 bits per heavy atom. The molecule has 0 aliphatic carbocycles. The van der Waals surface area contributed by atoms with Gasteiger partial charge in [0.25, 0.3) is 0 Å². The minimum Gasteiger partial charge on any atom is -0.346 e. The van der Waals surface area contributed by atoms with Gasteiger partial charge in [-0.15, -0.1) is 11.3 Å². The van der Waals surface area contributed by atoms with Crippen molar-refractivity contribution in [2.24, 2.45) is 0 Å². The van der Waals surface area contributed by atoms with Gasteiger partial charge in [-0.25, -0.2) is 9.78 Å². The van der Waals surface area contributed by atoms with Crippen LogP contribution in [0.5, 0.6) is 0 Å². The molecule has 1 aromatic carbocycles. The summed E-state index contributed by atoms with van der Waals surface area (Å²) < 4.78 is 0. The Labute approximate surface area is 177 Å². The molecule has 0 aliphatic rings. The molecule has 3 aromatic rings.